The van der Waals surface area contributed by atoms with E-state index in [2.05, 4.69) is 0 Å². The average molecular weight is 448 g/mol. The van der Waals surface area contributed by atoms with Crippen molar-refractivity contribution in [3.8, 4) is 22.9 Å². The van der Waals surface area contributed by atoms with Crippen molar-refractivity contribution in [2.45, 2.75) is 32.6 Å². The lowest BCUT2D eigenvalue weighted by Crippen LogP contribution is -2.04. The summed E-state index contributed by atoms with van der Waals surface area (Å²) >= 11 is 0. The van der Waals surface area contributed by atoms with E-state index in [1.807, 2.05) is 0 Å². The van der Waals surface area contributed by atoms with E-state index in [4.69, 9.17) is 5.26 Å². The van der Waals surface area contributed by atoms with Crippen LogP contribution in [0.5, 0.6) is 5.75 Å². The number of hydrogen-bond donors (Lipinski definition) is 0. The molecule has 0 aliphatic heterocycles. The molecule has 165 valence electrons. The number of benzene rings is 3. The van der Waals surface area contributed by atoms with Crippen LogP contribution < -0.4 is 0 Å². The molecule has 1 radical (unpaired) electrons. The second-order valence-corrected chi connectivity index (χ2v) is 7.25. The first kappa shape index (κ1) is 23.2. The Morgan fingerprint density at radius 2 is 1.25 bits per heavy atom. The predicted molar refractivity (Wildman–Crippen MR) is 104 cm³/mol. The van der Waals surface area contributed by atoms with Gasteiger partial charge in [0.05, 0.1) is 11.1 Å². The third-order valence-corrected chi connectivity index (χ3v) is 5.04. The van der Waals surface area contributed by atoms with Gasteiger partial charge >= 0.3 is 0 Å². The maximum absolute atomic E-state index is 15.1. The molecule has 0 saturated carbocycles. The van der Waals surface area contributed by atoms with E-state index in [9.17, 15) is 27.1 Å². The molecule has 0 bridgehead atoms. The van der Waals surface area contributed by atoms with E-state index in [-0.39, 0.29) is 12.0 Å². The topological polar surface area (TPSA) is 43.7 Å². The number of halogens is 6. The van der Waals surface area contributed by atoms with Crippen molar-refractivity contribution in [2.24, 2.45) is 0 Å². The Morgan fingerprint density at radius 3 is 1.78 bits per heavy atom. The van der Waals surface area contributed by atoms with E-state index in [1.165, 1.54) is 6.07 Å². The zero-order valence-electron chi connectivity index (χ0n) is 16.8. The lowest BCUT2D eigenvalue weighted by atomic mass is 9.94. The maximum Gasteiger partial charge on any atom is 0.192 e. The Labute approximate surface area is 180 Å². The number of nitriles is 1. The summed E-state index contributed by atoms with van der Waals surface area (Å²) in [4.78, 5) is 0. The molecule has 0 aromatic heterocycles. The van der Waals surface area contributed by atoms with Crippen LogP contribution in [0.25, 0.3) is 11.1 Å². The largest absolute Gasteiger partial charge is 0.289 e. The van der Waals surface area contributed by atoms with Crippen LogP contribution in [0, 0.1) is 46.2 Å². The van der Waals surface area contributed by atoms with Crippen LogP contribution in [0.3, 0.4) is 0 Å². The molecular formula is C24H16F6NO. The van der Waals surface area contributed by atoms with Gasteiger partial charge in [-0.05, 0) is 54.7 Å². The van der Waals surface area contributed by atoms with Crippen molar-refractivity contribution >= 4 is 0 Å². The molecule has 32 heavy (non-hydrogen) atoms. The highest BCUT2D eigenvalue weighted by atomic mass is 19.2. The van der Waals surface area contributed by atoms with Crippen molar-refractivity contribution in [1.29, 1.82) is 5.26 Å². The molecule has 3 aromatic rings. The van der Waals surface area contributed by atoms with Gasteiger partial charge in [-0.15, -0.1) is 0 Å². The highest BCUT2D eigenvalue weighted by molar-refractivity contribution is 5.73. The predicted octanol–water partition coefficient (Wildman–Crippen LogP) is 6.94. The standard InChI is InChI=1S/C24H16F6NO/c1-2-3-12-8-19(28)22(20(29)9-12)23-21(32)10-18(27)14(24(23)30)5-4-13-6-16(25)15(11-31)17(26)7-13/h6-10H,2-5H2,1H3. The van der Waals surface area contributed by atoms with E-state index in [1.54, 1.807) is 6.92 Å². The smallest absolute Gasteiger partial charge is 0.192 e. The van der Waals surface area contributed by atoms with Gasteiger partial charge in [0.1, 0.15) is 46.5 Å². The SMILES string of the molecule is CCCc1cc(F)c(-c2c([O])cc(F)c(CCc3cc(F)c(C#N)c(F)c3)c2F)c(F)c1. The Morgan fingerprint density at radius 1 is 0.719 bits per heavy atom. The Kier molecular flexibility index (Phi) is 6.78. The minimum Gasteiger partial charge on any atom is -0.289 e. The number of aryl methyl sites for hydroxylation is 2. The number of hydrogen-bond acceptors (Lipinski definition) is 1. The van der Waals surface area contributed by atoms with Crippen molar-refractivity contribution < 1.29 is 31.4 Å². The molecule has 0 saturated heterocycles. The molecular weight excluding hydrogens is 432 g/mol. The zero-order chi connectivity index (χ0) is 23.6. The molecule has 0 atom stereocenters. The summed E-state index contributed by atoms with van der Waals surface area (Å²) in [6.07, 6.45) is 0.266. The normalized spacial score (nSPS) is 10.9. The second-order valence-electron chi connectivity index (χ2n) is 7.25. The van der Waals surface area contributed by atoms with Gasteiger partial charge in [0, 0.05) is 11.6 Å². The van der Waals surface area contributed by atoms with Crippen LogP contribution in [0.15, 0.2) is 30.3 Å². The third-order valence-electron chi connectivity index (χ3n) is 5.04. The first-order valence-electron chi connectivity index (χ1n) is 9.72. The first-order chi connectivity index (χ1) is 15.2. The van der Waals surface area contributed by atoms with Gasteiger partial charge in [0.2, 0.25) is 0 Å². The monoisotopic (exact) mass is 448 g/mol. The highest BCUT2D eigenvalue weighted by Crippen LogP contribution is 2.39. The Balaban J connectivity index is 2.03. The van der Waals surface area contributed by atoms with Gasteiger partial charge in [0.15, 0.2) is 5.75 Å². The van der Waals surface area contributed by atoms with Crippen LogP contribution in [0.2, 0.25) is 0 Å². The van der Waals surface area contributed by atoms with Crippen LogP contribution in [-0.2, 0) is 24.4 Å². The molecule has 3 aromatic carbocycles. The molecule has 3 rings (SSSR count). The molecule has 0 aliphatic carbocycles. The quantitative estimate of drug-likeness (QED) is 0.377. The van der Waals surface area contributed by atoms with Gasteiger partial charge in [0.25, 0.3) is 0 Å². The van der Waals surface area contributed by atoms with Gasteiger partial charge in [-0.2, -0.15) is 5.26 Å². The fourth-order valence-corrected chi connectivity index (χ4v) is 3.54. The van der Waals surface area contributed by atoms with Gasteiger partial charge in [-0.25, -0.2) is 26.3 Å². The van der Waals surface area contributed by atoms with Gasteiger partial charge in [-0.3, -0.25) is 5.11 Å². The molecule has 0 heterocycles. The van der Waals surface area contributed by atoms with Gasteiger partial charge in [-0.1, -0.05) is 13.3 Å². The fraction of sp³-hybridized carbons (Fsp3) is 0.208. The number of rotatable bonds is 6. The number of nitrogens with zero attached hydrogens (tertiary/aromatic N) is 1. The van der Waals surface area contributed by atoms with Gasteiger partial charge < -0.3 is 0 Å². The molecule has 0 amide bonds. The molecule has 0 N–H and O–H groups in total. The molecule has 8 heteroatoms. The minimum atomic E-state index is -1.44. The lowest BCUT2D eigenvalue weighted by molar-refractivity contribution is 0.349. The fourth-order valence-electron chi connectivity index (χ4n) is 3.54. The summed E-state index contributed by atoms with van der Waals surface area (Å²) in [7, 11) is 0. The summed E-state index contributed by atoms with van der Waals surface area (Å²) in [5.41, 5.74) is -2.96. The molecule has 2 nitrogen and oxygen atoms in total. The van der Waals surface area contributed by atoms with E-state index >= 15 is 4.39 Å². The van der Waals surface area contributed by atoms with Crippen molar-refractivity contribution in [3.05, 3.63) is 87.5 Å². The summed E-state index contributed by atoms with van der Waals surface area (Å²) in [6, 6.07) is 5.48. The minimum absolute atomic E-state index is 0.00632. The molecule has 0 unspecified atom stereocenters. The second kappa shape index (κ2) is 9.35. The van der Waals surface area contributed by atoms with Crippen molar-refractivity contribution in [3.63, 3.8) is 0 Å². The third kappa shape index (κ3) is 4.42. The van der Waals surface area contributed by atoms with Crippen molar-refractivity contribution in [2.75, 3.05) is 0 Å². The summed E-state index contributed by atoms with van der Waals surface area (Å²) in [5, 5.41) is 20.9. The van der Waals surface area contributed by atoms with Crippen LogP contribution >= 0.6 is 0 Å². The maximum atomic E-state index is 15.1. The molecule has 0 fully saturated rings. The van der Waals surface area contributed by atoms with Crippen LogP contribution in [0.4, 0.5) is 26.3 Å². The van der Waals surface area contributed by atoms with Crippen LogP contribution in [-0.4, -0.2) is 0 Å². The van der Waals surface area contributed by atoms with Crippen molar-refractivity contribution in [1.82, 2.24) is 0 Å². The van der Waals surface area contributed by atoms with E-state index in [0.717, 1.165) is 24.3 Å². The van der Waals surface area contributed by atoms with Crippen LogP contribution in [0.1, 0.15) is 35.6 Å². The van der Waals surface area contributed by atoms with E-state index < -0.39 is 69.3 Å². The highest BCUT2D eigenvalue weighted by Gasteiger charge is 2.26. The van der Waals surface area contributed by atoms with E-state index in [0.29, 0.717) is 24.5 Å². The first-order valence-corrected chi connectivity index (χ1v) is 9.72. The Bertz CT molecular complexity index is 1190. The molecule has 0 spiro atoms. The lowest BCUT2D eigenvalue weighted by Gasteiger charge is -2.13. The average Bonchev–Trinajstić information content (AvgIpc) is 2.69. The summed E-state index contributed by atoms with van der Waals surface area (Å²) < 4.78 is 86.1. The zero-order valence-corrected chi connectivity index (χ0v) is 16.8. The molecule has 0 aliphatic rings. The Hall–Kier alpha value is -3.47. The summed E-state index contributed by atoms with van der Waals surface area (Å²) in [5.74, 6) is -8.48. The summed E-state index contributed by atoms with van der Waals surface area (Å²) in [6.45, 7) is 1.80.